The van der Waals surface area contributed by atoms with Crippen molar-refractivity contribution in [2.24, 2.45) is 5.73 Å². The van der Waals surface area contributed by atoms with Crippen LogP contribution in [0.4, 0.5) is 0 Å². The van der Waals surface area contributed by atoms with Crippen molar-refractivity contribution in [3.8, 4) is 0 Å². The summed E-state index contributed by atoms with van der Waals surface area (Å²) in [6.07, 6.45) is 15.1. The number of aromatic amines is 2. The highest BCUT2D eigenvalue weighted by molar-refractivity contribution is 9.10. The molecular formula is C64H72Br2Cl2N6O8Si2. The van der Waals surface area contributed by atoms with Gasteiger partial charge in [0.1, 0.15) is 10.3 Å². The molecule has 8 aromatic rings. The number of H-pyrrole nitrogens is 2. The summed E-state index contributed by atoms with van der Waals surface area (Å²) < 4.78 is 23.8. The van der Waals surface area contributed by atoms with Gasteiger partial charge in [0, 0.05) is 88.9 Å². The molecule has 4 atom stereocenters. The van der Waals surface area contributed by atoms with Gasteiger partial charge in [0.05, 0.1) is 54.5 Å². The number of nitrogens with zero attached hydrogens (tertiary/aromatic N) is 2. The standard InChI is InChI=1S/C31H31BrClN3O3Si.C21H30N2O2Si.C11H7BrClNO3.CH4/c1-31(2,3)40(4,5)39-19-12-11-18(15-19)36-16-22(20-8-6-7-9-24(20)36)26-27(30(38)35-29(26)37)25-21-14-17(32)10-13-23(21)34-28(25)33;1-21(2,3)26(4,5)25-17-11-10-16(13-17)23-14-15(12-20(22)24)18-8-6-7-9-19(18)23;1-17-11(16)9(15)8-6-4-5(12)2-3-7(6)14-10(8)13;/h6-14,16,18-19,34H,15H2,1-5H3,(H,35,37,38);6-11,14,16-17H,12-13H2,1-5H3,(H2,22,24);2-4,14H,1H3;1H4/t18?,19-;16?,17-;;/m11../s1. The summed E-state index contributed by atoms with van der Waals surface area (Å²) >= 11 is 19.4. The molecule has 0 spiro atoms. The Balaban J connectivity index is 0.000000179. The van der Waals surface area contributed by atoms with Gasteiger partial charge in [-0.15, -0.1) is 0 Å². The molecular weight excluding hydrogens is 1270 g/mol. The molecule has 0 bridgehead atoms. The number of ether oxygens (including phenoxy) is 1. The summed E-state index contributed by atoms with van der Waals surface area (Å²) in [7, 11) is -2.58. The van der Waals surface area contributed by atoms with Crippen LogP contribution in [0.3, 0.4) is 0 Å². The molecule has 0 fully saturated rings. The van der Waals surface area contributed by atoms with Crippen molar-refractivity contribution in [2.75, 3.05) is 7.11 Å². The zero-order valence-electron chi connectivity index (χ0n) is 48.2. The number of nitrogens with two attached hydrogens (primary N) is 1. The molecule has 0 saturated heterocycles. The van der Waals surface area contributed by atoms with Crippen LogP contribution in [-0.2, 0) is 39.2 Å². The molecule has 84 heavy (non-hydrogen) atoms. The Hall–Kier alpha value is -6.10. The van der Waals surface area contributed by atoms with Crippen LogP contribution in [0, 0.1) is 0 Å². The number of rotatable bonds is 12. The molecule has 14 nitrogen and oxygen atoms in total. The highest BCUT2D eigenvalue weighted by Crippen LogP contribution is 2.45. The number of methoxy groups -OCH3 is 1. The molecule has 5 heterocycles. The van der Waals surface area contributed by atoms with E-state index in [-0.39, 0.29) is 70.4 Å². The predicted octanol–water partition coefficient (Wildman–Crippen LogP) is 16.1. The number of amides is 3. The van der Waals surface area contributed by atoms with Gasteiger partial charge in [-0.25, -0.2) is 4.79 Å². The number of nitrogens with one attached hydrogen (secondary N) is 3. The molecule has 2 aliphatic carbocycles. The molecule has 11 rings (SSSR count). The third-order valence-corrected chi connectivity index (χ3v) is 27.2. The number of benzene rings is 4. The first-order valence-corrected chi connectivity index (χ1v) is 35.5. The van der Waals surface area contributed by atoms with E-state index < -0.39 is 40.2 Å². The summed E-state index contributed by atoms with van der Waals surface area (Å²) in [6.45, 7) is 22.7. The van der Waals surface area contributed by atoms with E-state index in [1.54, 1.807) is 12.1 Å². The predicted molar refractivity (Wildman–Crippen MR) is 352 cm³/mol. The van der Waals surface area contributed by atoms with E-state index in [0.29, 0.717) is 32.8 Å². The van der Waals surface area contributed by atoms with Gasteiger partial charge in [-0.1, -0.05) is 165 Å². The number of hydrogen-bond acceptors (Lipinski definition) is 8. The molecule has 3 amide bonds. The lowest BCUT2D eigenvalue weighted by molar-refractivity contribution is -0.135. The van der Waals surface area contributed by atoms with Crippen LogP contribution in [0.15, 0.2) is 131 Å². The van der Waals surface area contributed by atoms with Crippen molar-refractivity contribution in [1.29, 1.82) is 0 Å². The van der Waals surface area contributed by atoms with Gasteiger partial charge in [0.2, 0.25) is 5.91 Å². The van der Waals surface area contributed by atoms with E-state index in [9.17, 15) is 24.0 Å². The third kappa shape index (κ3) is 12.9. The maximum atomic E-state index is 13.4. The average molecular weight is 1340 g/mol. The Morgan fingerprint density at radius 3 is 1.67 bits per heavy atom. The number of esters is 1. The number of allylic oxidation sites excluding steroid dienone is 2. The summed E-state index contributed by atoms with van der Waals surface area (Å²) in [5.74, 6) is -2.88. The van der Waals surface area contributed by atoms with E-state index >= 15 is 0 Å². The van der Waals surface area contributed by atoms with Crippen LogP contribution < -0.4 is 11.1 Å². The number of halogens is 4. The van der Waals surface area contributed by atoms with Crippen LogP contribution in [0.25, 0.3) is 54.8 Å². The normalized spacial score (nSPS) is 18.1. The first-order chi connectivity index (χ1) is 39.0. The zero-order chi connectivity index (χ0) is 60.2. The van der Waals surface area contributed by atoms with Crippen LogP contribution in [-0.4, -0.2) is 84.5 Å². The fourth-order valence-corrected chi connectivity index (χ4v) is 14.3. The molecule has 2 unspecified atom stereocenters. The zero-order valence-corrected chi connectivity index (χ0v) is 54.9. The second-order valence-corrected chi connectivity index (χ2v) is 36.4. The number of para-hydroxylation sites is 2. The van der Waals surface area contributed by atoms with Crippen molar-refractivity contribution < 1.29 is 37.6 Å². The van der Waals surface area contributed by atoms with E-state index in [0.717, 1.165) is 67.2 Å². The van der Waals surface area contributed by atoms with Crippen molar-refractivity contribution in [3.63, 3.8) is 0 Å². The maximum Gasteiger partial charge on any atom is 0.379 e. The number of Topliss-reactive ketones (excluding diaryl/α,β-unsaturated/α-hetero) is 1. The van der Waals surface area contributed by atoms with Gasteiger partial charge >= 0.3 is 5.97 Å². The second kappa shape index (κ2) is 24.7. The van der Waals surface area contributed by atoms with Crippen molar-refractivity contribution >= 4 is 156 Å². The Bertz CT molecular complexity index is 4010. The molecule has 442 valence electrons. The van der Waals surface area contributed by atoms with Gasteiger partial charge in [-0.2, -0.15) is 0 Å². The third-order valence-electron chi connectivity index (χ3n) is 16.7. The van der Waals surface area contributed by atoms with E-state index in [1.807, 2.05) is 60.8 Å². The minimum Gasteiger partial charge on any atom is -0.463 e. The van der Waals surface area contributed by atoms with E-state index in [2.05, 4.69) is 177 Å². The number of fused-ring (bicyclic) bond motifs is 4. The highest BCUT2D eigenvalue weighted by atomic mass is 79.9. The summed E-state index contributed by atoms with van der Waals surface area (Å²) in [4.78, 5) is 67.1. The van der Waals surface area contributed by atoms with E-state index in [1.165, 1.54) is 0 Å². The minimum atomic E-state index is -1.94. The largest absolute Gasteiger partial charge is 0.463 e. The number of primary amides is 1. The monoisotopic (exact) mass is 1340 g/mol. The molecule has 3 aliphatic rings. The van der Waals surface area contributed by atoms with Gasteiger partial charge in [0.25, 0.3) is 17.6 Å². The first-order valence-electron chi connectivity index (χ1n) is 27.3. The topological polar surface area (TPSA) is 193 Å². The van der Waals surface area contributed by atoms with E-state index in [4.69, 9.17) is 37.8 Å². The van der Waals surface area contributed by atoms with Crippen molar-refractivity contribution in [2.45, 2.75) is 129 Å². The fourth-order valence-electron chi connectivity index (χ4n) is 10.4. The summed E-state index contributed by atoms with van der Waals surface area (Å²) in [5, 5.41) is 6.66. The Morgan fingerprint density at radius 1 is 0.655 bits per heavy atom. The smallest absolute Gasteiger partial charge is 0.379 e. The molecule has 5 N–H and O–H groups in total. The van der Waals surface area contributed by atoms with Crippen LogP contribution >= 0.6 is 55.1 Å². The number of aromatic nitrogens is 4. The van der Waals surface area contributed by atoms with Gasteiger partial charge < -0.3 is 38.4 Å². The quantitative estimate of drug-likeness (QED) is 0.0232. The molecule has 0 saturated carbocycles. The number of ketones is 1. The number of hydrogen-bond donors (Lipinski definition) is 4. The Morgan fingerprint density at radius 2 is 1.13 bits per heavy atom. The van der Waals surface area contributed by atoms with Crippen molar-refractivity contribution in [3.05, 3.63) is 163 Å². The molecule has 1 aliphatic heterocycles. The maximum absolute atomic E-state index is 13.4. The lowest BCUT2D eigenvalue weighted by Gasteiger charge is -2.38. The number of carbonyl (C=O) groups excluding carboxylic acids is 5. The number of carbonyl (C=O) groups is 5. The molecule has 20 heteroatoms. The van der Waals surface area contributed by atoms with Gasteiger partial charge in [-0.3, -0.25) is 24.5 Å². The first kappa shape index (κ1) is 63.9. The fraction of sp³-hybridized carbons (Fsp3) is 0.328. The van der Waals surface area contributed by atoms with Crippen molar-refractivity contribution in [1.82, 2.24) is 24.4 Å². The average Bonchev–Trinajstić information content (AvgIpc) is 4.47. The second-order valence-electron chi connectivity index (χ2n) is 24.3. The molecule has 4 aromatic heterocycles. The summed E-state index contributed by atoms with van der Waals surface area (Å²) in [6, 6.07) is 27.5. The number of imide groups is 1. The Labute approximate surface area is 519 Å². The molecule has 0 radical (unpaired) electrons. The van der Waals surface area contributed by atoms with Gasteiger partial charge in [0.15, 0.2) is 16.6 Å². The van der Waals surface area contributed by atoms with Crippen LogP contribution in [0.2, 0.25) is 46.6 Å². The summed E-state index contributed by atoms with van der Waals surface area (Å²) in [5.41, 5.74) is 12.0. The minimum absolute atomic E-state index is 0. The van der Waals surface area contributed by atoms with Gasteiger partial charge in [-0.05, 0) is 90.4 Å². The lowest BCUT2D eigenvalue weighted by Crippen LogP contribution is -2.43. The van der Waals surface area contributed by atoms with Crippen LogP contribution in [0.5, 0.6) is 0 Å². The van der Waals surface area contributed by atoms with Crippen LogP contribution in [0.1, 0.15) is 101 Å². The Kier molecular flexibility index (Phi) is 18.8. The lowest BCUT2D eigenvalue weighted by atomic mass is 9.95. The highest BCUT2D eigenvalue weighted by Gasteiger charge is 2.42. The SMILES string of the molecule is C.CC(C)(C)[Si](C)(C)O[C@@H]1C=CC(n2cc(C3=C(c4c(Cl)[nH]c5ccc(Br)cc45)C(=O)NC3=O)c3ccccc32)C1.CC(C)(C)[Si](C)(C)O[C@@H]1C=CC(n2cc(CC(N)=O)c3ccccc32)C1.COC(=O)C(=O)c1c(Cl)[nH]c2ccc(Br)cc12. The molecule has 4 aromatic carbocycles.